The monoisotopic (exact) mass is 449 g/mol. The third kappa shape index (κ3) is 5.48. The lowest BCUT2D eigenvalue weighted by Gasteiger charge is -2.30. The van der Waals surface area contributed by atoms with Gasteiger partial charge in [0.1, 0.15) is 0 Å². The van der Waals surface area contributed by atoms with Gasteiger partial charge < -0.3 is 15.1 Å². The lowest BCUT2D eigenvalue weighted by atomic mass is 10.0. The molecule has 3 aromatic carbocycles. The standard InChI is InChI=1S/C26H28ClN3O2/c1-18(20-10-6-5-7-11-20)30(19(2)31)17-21-16-22(14-15-25(21)29(3)4)28-26(32)23-12-8-9-13-24(23)27/h5-16,18H,17H2,1-4H3,(H,28,32). The Morgan fingerprint density at radius 1 is 0.969 bits per heavy atom. The van der Waals surface area contributed by atoms with Gasteiger partial charge in [0.15, 0.2) is 0 Å². The van der Waals surface area contributed by atoms with E-state index in [1.807, 2.05) is 79.3 Å². The maximum absolute atomic E-state index is 12.7. The summed E-state index contributed by atoms with van der Waals surface area (Å²) in [5, 5.41) is 3.32. The minimum absolute atomic E-state index is 0.0171. The second-order valence-electron chi connectivity index (χ2n) is 7.91. The molecule has 5 nitrogen and oxygen atoms in total. The van der Waals surface area contributed by atoms with Gasteiger partial charge in [-0.25, -0.2) is 0 Å². The number of hydrogen-bond acceptors (Lipinski definition) is 3. The lowest BCUT2D eigenvalue weighted by molar-refractivity contribution is -0.131. The summed E-state index contributed by atoms with van der Waals surface area (Å²) in [6.45, 7) is 4.02. The molecule has 0 spiro atoms. The van der Waals surface area contributed by atoms with Crippen LogP contribution in [0.4, 0.5) is 11.4 Å². The molecule has 1 atom stereocenters. The Balaban J connectivity index is 1.90. The van der Waals surface area contributed by atoms with Crippen LogP contribution in [0.15, 0.2) is 72.8 Å². The average molecular weight is 450 g/mol. The van der Waals surface area contributed by atoms with Crippen molar-refractivity contribution in [3.8, 4) is 0 Å². The Morgan fingerprint density at radius 3 is 2.25 bits per heavy atom. The SMILES string of the molecule is CC(=O)N(Cc1cc(NC(=O)c2ccccc2Cl)ccc1N(C)C)C(C)c1ccccc1. The maximum atomic E-state index is 12.7. The minimum Gasteiger partial charge on any atom is -0.377 e. The van der Waals surface area contributed by atoms with Gasteiger partial charge in [0.2, 0.25) is 5.91 Å². The van der Waals surface area contributed by atoms with Crippen molar-refractivity contribution in [1.82, 2.24) is 4.90 Å². The van der Waals surface area contributed by atoms with Gasteiger partial charge in [0.25, 0.3) is 5.91 Å². The van der Waals surface area contributed by atoms with E-state index in [1.54, 1.807) is 31.2 Å². The average Bonchev–Trinajstić information content (AvgIpc) is 2.77. The molecule has 0 heterocycles. The molecule has 0 saturated carbocycles. The van der Waals surface area contributed by atoms with Gasteiger partial charge in [-0.1, -0.05) is 54.1 Å². The van der Waals surface area contributed by atoms with Crippen LogP contribution >= 0.6 is 11.6 Å². The zero-order valence-electron chi connectivity index (χ0n) is 18.8. The molecule has 0 bridgehead atoms. The van der Waals surface area contributed by atoms with Crippen molar-refractivity contribution >= 4 is 34.8 Å². The first-order valence-electron chi connectivity index (χ1n) is 10.5. The minimum atomic E-state index is -0.278. The Kier molecular flexibility index (Phi) is 7.54. The fourth-order valence-electron chi connectivity index (χ4n) is 3.69. The van der Waals surface area contributed by atoms with E-state index < -0.39 is 0 Å². The smallest absolute Gasteiger partial charge is 0.257 e. The largest absolute Gasteiger partial charge is 0.377 e. The topological polar surface area (TPSA) is 52.7 Å². The molecule has 0 aliphatic carbocycles. The predicted octanol–water partition coefficient (Wildman–Crippen LogP) is 5.77. The molecule has 6 heteroatoms. The summed E-state index contributed by atoms with van der Waals surface area (Å²) in [6, 6.07) is 22.5. The van der Waals surface area contributed by atoms with E-state index in [-0.39, 0.29) is 17.9 Å². The number of benzene rings is 3. The highest BCUT2D eigenvalue weighted by Gasteiger charge is 2.21. The molecule has 1 N–H and O–H groups in total. The predicted molar refractivity (Wildman–Crippen MR) is 131 cm³/mol. The number of nitrogens with zero attached hydrogens (tertiary/aromatic N) is 2. The number of halogens is 1. The van der Waals surface area contributed by atoms with Crippen LogP contribution in [-0.2, 0) is 11.3 Å². The van der Waals surface area contributed by atoms with Crippen LogP contribution in [0, 0.1) is 0 Å². The van der Waals surface area contributed by atoms with Gasteiger partial charge in [-0.05, 0) is 48.4 Å². The molecule has 0 aliphatic heterocycles. The Bertz CT molecular complexity index is 1100. The highest BCUT2D eigenvalue weighted by atomic mass is 35.5. The number of hydrogen-bond donors (Lipinski definition) is 1. The molecule has 3 rings (SSSR count). The summed E-state index contributed by atoms with van der Waals surface area (Å²) >= 11 is 6.17. The van der Waals surface area contributed by atoms with Crippen molar-refractivity contribution in [2.75, 3.05) is 24.3 Å². The van der Waals surface area contributed by atoms with Crippen molar-refractivity contribution in [2.45, 2.75) is 26.4 Å². The Morgan fingerprint density at radius 2 is 1.62 bits per heavy atom. The maximum Gasteiger partial charge on any atom is 0.257 e. The Labute approximate surface area is 194 Å². The van der Waals surface area contributed by atoms with Gasteiger partial charge in [-0.3, -0.25) is 9.59 Å². The summed E-state index contributed by atoms with van der Waals surface area (Å²) in [5.41, 5.74) is 4.04. The molecule has 166 valence electrons. The number of amides is 2. The van der Waals surface area contributed by atoms with Gasteiger partial charge in [-0.15, -0.1) is 0 Å². The van der Waals surface area contributed by atoms with Crippen LogP contribution in [0.2, 0.25) is 5.02 Å². The van der Waals surface area contributed by atoms with Crippen LogP contribution in [0.3, 0.4) is 0 Å². The van der Waals surface area contributed by atoms with Crippen LogP contribution in [0.5, 0.6) is 0 Å². The van der Waals surface area contributed by atoms with E-state index in [2.05, 4.69) is 5.32 Å². The second kappa shape index (κ2) is 10.3. The van der Waals surface area contributed by atoms with Crippen molar-refractivity contribution in [3.63, 3.8) is 0 Å². The van der Waals surface area contributed by atoms with Crippen molar-refractivity contribution in [2.24, 2.45) is 0 Å². The first kappa shape index (κ1) is 23.4. The summed E-state index contributed by atoms with van der Waals surface area (Å²) in [5.74, 6) is -0.295. The molecule has 0 saturated heterocycles. The molecule has 0 radical (unpaired) electrons. The molecule has 0 fully saturated rings. The number of nitrogens with one attached hydrogen (secondary N) is 1. The zero-order chi connectivity index (χ0) is 23.3. The van der Waals surface area contributed by atoms with Crippen LogP contribution in [0.1, 0.15) is 41.4 Å². The zero-order valence-corrected chi connectivity index (χ0v) is 19.6. The number of anilines is 2. The normalized spacial score (nSPS) is 11.5. The fraction of sp³-hybridized carbons (Fsp3) is 0.231. The number of carbonyl (C=O) groups excluding carboxylic acids is 2. The van der Waals surface area contributed by atoms with Gasteiger partial charge in [0, 0.05) is 38.9 Å². The number of rotatable bonds is 7. The van der Waals surface area contributed by atoms with Gasteiger partial charge >= 0.3 is 0 Å². The quantitative estimate of drug-likeness (QED) is 0.498. The van der Waals surface area contributed by atoms with Gasteiger partial charge in [0.05, 0.1) is 16.6 Å². The van der Waals surface area contributed by atoms with E-state index in [0.717, 1.165) is 16.8 Å². The molecular weight excluding hydrogens is 422 g/mol. The van der Waals surface area contributed by atoms with Crippen LogP contribution in [0.25, 0.3) is 0 Å². The van der Waals surface area contributed by atoms with Crippen molar-refractivity contribution in [3.05, 3.63) is 94.5 Å². The molecule has 0 aliphatic rings. The highest BCUT2D eigenvalue weighted by Crippen LogP contribution is 2.29. The van der Waals surface area contributed by atoms with E-state index in [9.17, 15) is 9.59 Å². The van der Waals surface area contributed by atoms with Crippen molar-refractivity contribution in [1.29, 1.82) is 0 Å². The van der Waals surface area contributed by atoms with E-state index in [4.69, 9.17) is 11.6 Å². The highest BCUT2D eigenvalue weighted by molar-refractivity contribution is 6.34. The van der Waals surface area contributed by atoms with Crippen molar-refractivity contribution < 1.29 is 9.59 Å². The van der Waals surface area contributed by atoms with Gasteiger partial charge in [-0.2, -0.15) is 0 Å². The van der Waals surface area contributed by atoms with E-state index in [0.29, 0.717) is 22.8 Å². The second-order valence-corrected chi connectivity index (χ2v) is 8.31. The summed E-state index contributed by atoms with van der Waals surface area (Å²) in [6.07, 6.45) is 0. The summed E-state index contributed by atoms with van der Waals surface area (Å²) in [4.78, 5) is 29.1. The molecule has 0 aromatic heterocycles. The van der Waals surface area contributed by atoms with E-state index in [1.165, 1.54) is 0 Å². The first-order valence-corrected chi connectivity index (χ1v) is 10.8. The molecule has 2 amide bonds. The molecule has 1 unspecified atom stereocenters. The van der Waals surface area contributed by atoms with E-state index >= 15 is 0 Å². The molecule has 32 heavy (non-hydrogen) atoms. The third-order valence-electron chi connectivity index (χ3n) is 5.43. The van der Waals surface area contributed by atoms with Crippen LogP contribution in [-0.4, -0.2) is 30.8 Å². The summed E-state index contributed by atoms with van der Waals surface area (Å²) < 4.78 is 0. The van der Waals surface area contributed by atoms with Crippen LogP contribution < -0.4 is 10.2 Å². The molecular formula is C26H28ClN3O2. The third-order valence-corrected chi connectivity index (χ3v) is 5.76. The Hall–Kier alpha value is -3.31. The fourth-order valence-corrected chi connectivity index (χ4v) is 3.91. The summed E-state index contributed by atoms with van der Waals surface area (Å²) in [7, 11) is 3.92. The lowest BCUT2D eigenvalue weighted by Crippen LogP contribution is -2.31. The number of carbonyl (C=O) groups is 2. The first-order chi connectivity index (χ1) is 15.3. The molecule has 3 aromatic rings.